The minimum Gasteiger partial charge on any atom is -0.480 e. The van der Waals surface area contributed by atoms with Crippen LogP contribution in [0, 0.1) is 11.3 Å². The zero-order valence-corrected chi connectivity index (χ0v) is 8.85. The van der Waals surface area contributed by atoms with Crippen LogP contribution in [0.3, 0.4) is 0 Å². The van der Waals surface area contributed by atoms with Crippen molar-refractivity contribution < 1.29 is 23.1 Å². The van der Waals surface area contributed by atoms with E-state index in [-0.39, 0.29) is 5.69 Å². The van der Waals surface area contributed by atoms with E-state index in [1.165, 1.54) is 0 Å². The summed E-state index contributed by atoms with van der Waals surface area (Å²) in [5, 5.41) is 17.3. The first kappa shape index (κ1) is 13.7. The van der Waals surface area contributed by atoms with Crippen LogP contribution in [0.25, 0.3) is 0 Å². The number of halogens is 3. The Kier molecular flexibility index (Phi) is 4.04. The number of rotatable bonds is 4. The molecule has 0 saturated heterocycles. The Morgan fingerprint density at radius 1 is 1.44 bits per heavy atom. The molecule has 1 aromatic rings. The first-order chi connectivity index (χ1) is 8.33. The van der Waals surface area contributed by atoms with E-state index < -0.39 is 31.1 Å². The first-order valence-corrected chi connectivity index (χ1v) is 4.58. The van der Waals surface area contributed by atoms with Crippen molar-refractivity contribution in [3.63, 3.8) is 0 Å². The number of hydrogen-bond donors (Lipinski definition) is 1. The summed E-state index contributed by atoms with van der Waals surface area (Å²) in [6.45, 7) is -2.44. The van der Waals surface area contributed by atoms with E-state index >= 15 is 0 Å². The normalized spacial score (nSPS) is 10.8. The molecule has 0 aromatic carbocycles. The standard InChI is InChI=1S/C9H7F3N4O2/c10-9(11,12)5-16(4-7(17)18)8-6(3-13)14-1-2-15-8/h1-2H,4-5H2,(H,17,18). The second-order valence-electron chi connectivity index (χ2n) is 3.21. The average molecular weight is 260 g/mol. The summed E-state index contributed by atoms with van der Waals surface area (Å²) in [6, 6.07) is 1.56. The maximum absolute atomic E-state index is 12.3. The van der Waals surface area contributed by atoms with E-state index in [0.29, 0.717) is 4.90 Å². The Labute approximate surface area is 99.3 Å². The minimum atomic E-state index is -4.61. The fraction of sp³-hybridized carbons (Fsp3) is 0.333. The van der Waals surface area contributed by atoms with Crippen LogP contribution in [-0.4, -0.2) is 40.3 Å². The highest BCUT2D eigenvalue weighted by atomic mass is 19.4. The Morgan fingerprint density at radius 3 is 2.56 bits per heavy atom. The number of carboxylic acid groups (broad SMARTS) is 1. The highest BCUT2D eigenvalue weighted by Crippen LogP contribution is 2.21. The average Bonchev–Trinajstić information content (AvgIpc) is 2.25. The van der Waals surface area contributed by atoms with Crippen molar-refractivity contribution in [2.24, 2.45) is 0 Å². The van der Waals surface area contributed by atoms with Gasteiger partial charge in [-0.05, 0) is 0 Å². The van der Waals surface area contributed by atoms with Gasteiger partial charge in [-0.2, -0.15) is 18.4 Å². The van der Waals surface area contributed by atoms with Crippen LogP contribution in [0.5, 0.6) is 0 Å². The lowest BCUT2D eigenvalue weighted by atomic mass is 10.3. The summed E-state index contributed by atoms with van der Waals surface area (Å²) < 4.78 is 36.9. The maximum atomic E-state index is 12.3. The molecule has 0 fully saturated rings. The van der Waals surface area contributed by atoms with Gasteiger partial charge in [0.05, 0.1) is 0 Å². The zero-order valence-electron chi connectivity index (χ0n) is 8.85. The smallest absolute Gasteiger partial charge is 0.405 e. The molecule has 0 radical (unpaired) electrons. The van der Waals surface area contributed by atoms with Crippen LogP contribution in [-0.2, 0) is 4.79 Å². The number of nitriles is 1. The number of aliphatic carboxylic acids is 1. The topological polar surface area (TPSA) is 90.1 Å². The van der Waals surface area contributed by atoms with Gasteiger partial charge in [0.2, 0.25) is 0 Å². The third-order valence-corrected chi connectivity index (χ3v) is 1.78. The van der Waals surface area contributed by atoms with Gasteiger partial charge >= 0.3 is 12.1 Å². The molecule has 0 saturated carbocycles. The predicted octanol–water partition coefficient (Wildman–Crippen LogP) is 0.802. The van der Waals surface area contributed by atoms with E-state index in [9.17, 15) is 18.0 Å². The van der Waals surface area contributed by atoms with E-state index in [2.05, 4.69) is 9.97 Å². The molecular weight excluding hydrogens is 253 g/mol. The second-order valence-corrected chi connectivity index (χ2v) is 3.21. The SMILES string of the molecule is N#Cc1nccnc1N(CC(=O)O)CC(F)(F)F. The fourth-order valence-corrected chi connectivity index (χ4v) is 1.23. The molecule has 0 spiro atoms. The largest absolute Gasteiger partial charge is 0.480 e. The minimum absolute atomic E-state index is 0.358. The van der Waals surface area contributed by atoms with Crippen molar-refractivity contribution in [1.29, 1.82) is 5.26 Å². The van der Waals surface area contributed by atoms with Crippen LogP contribution >= 0.6 is 0 Å². The van der Waals surface area contributed by atoms with E-state index in [4.69, 9.17) is 10.4 Å². The van der Waals surface area contributed by atoms with Gasteiger partial charge in [-0.25, -0.2) is 9.97 Å². The molecular formula is C9H7F3N4O2. The molecule has 1 rings (SSSR count). The van der Waals surface area contributed by atoms with Gasteiger partial charge < -0.3 is 10.0 Å². The van der Waals surface area contributed by atoms with Crippen molar-refractivity contribution in [3.8, 4) is 6.07 Å². The molecule has 0 aliphatic heterocycles. The first-order valence-electron chi connectivity index (χ1n) is 4.58. The molecule has 9 heteroatoms. The third kappa shape index (κ3) is 3.89. The van der Waals surface area contributed by atoms with Crippen molar-refractivity contribution >= 4 is 11.8 Å². The van der Waals surface area contributed by atoms with Crippen LogP contribution in [0.15, 0.2) is 12.4 Å². The number of anilines is 1. The van der Waals surface area contributed by atoms with Gasteiger partial charge in [0.15, 0.2) is 11.5 Å². The lowest BCUT2D eigenvalue weighted by molar-refractivity contribution is -0.136. The zero-order chi connectivity index (χ0) is 13.8. The van der Waals surface area contributed by atoms with Crippen molar-refractivity contribution in [1.82, 2.24) is 9.97 Å². The monoisotopic (exact) mass is 260 g/mol. The van der Waals surface area contributed by atoms with E-state index in [1.54, 1.807) is 6.07 Å². The van der Waals surface area contributed by atoms with E-state index in [1.807, 2.05) is 0 Å². The quantitative estimate of drug-likeness (QED) is 0.861. The second kappa shape index (κ2) is 5.31. The van der Waals surface area contributed by atoms with Gasteiger partial charge in [-0.15, -0.1) is 0 Å². The summed E-state index contributed by atoms with van der Waals surface area (Å²) in [4.78, 5) is 18.1. The summed E-state index contributed by atoms with van der Waals surface area (Å²) in [5.74, 6) is -1.87. The highest BCUT2D eigenvalue weighted by Gasteiger charge is 2.33. The number of carboxylic acids is 1. The van der Waals surface area contributed by atoms with Crippen molar-refractivity contribution in [2.75, 3.05) is 18.0 Å². The summed E-state index contributed by atoms with van der Waals surface area (Å²) in [6.07, 6.45) is -2.39. The molecule has 0 bridgehead atoms. The molecule has 6 nitrogen and oxygen atoms in total. The number of alkyl halides is 3. The Balaban J connectivity index is 3.09. The van der Waals surface area contributed by atoms with Gasteiger partial charge in [0.25, 0.3) is 0 Å². The van der Waals surface area contributed by atoms with Crippen LogP contribution < -0.4 is 4.90 Å². The molecule has 1 N–H and O–H groups in total. The number of aromatic nitrogens is 2. The number of hydrogen-bond acceptors (Lipinski definition) is 5. The maximum Gasteiger partial charge on any atom is 0.405 e. The predicted molar refractivity (Wildman–Crippen MR) is 52.7 cm³/mol. The van der Waals surface area contributed by atoms with Crippen molar-refractivity contribution in [3.05, 3.63) is 18.1 Å². The molecule has 1 aromatic heterocycles. The van der Waals surface area contributed by atoms with Gasteiger partial charge in [-0.1, -0.05) is 0 Å². The lowest BCUT2D eigenvalue weighted by Gasteiger charge is -2.23. The van der Waals surface area contributed by atoms with Crippen LogP contribution in [0.4, 0.5) is 19.0 Å². The molecule has 1 heterocycles. The Hall–Kier alpha value is -2.37. The van der Waals surface area contributed by atoms with E-state index in [0.717, 1.165) is 12.4 Å². The summed E-state index contributed by atoms with van der Waals surface area (Å²) in [7, 11) is 0. The molecule has 0 atom stereocenters. The van der Waals surface area contributed by atoms with Gasteiger partial charge in [0, 0.05) is 12.4 Å². The Bertz CT molecular complexity index is 483. The summed E-state index contributed by atoms with van der Waals surface area (Å²) in [5.41, 5.74) is -0.358. The Morgan fingerprint density at radius 2 is 2.06 bits per heavy atom. The molecule has 0 aliphatic carbocycles. The lowest BCUT2D eigenvalue weighted by Crippen LogP contribution is -2.39. The van der Waals surface area contributed by atoms with Crippen LogP contribution in [0.2, 0.25) is 0 Å². The highest BCUT2D eigenvalue weighted by molar-refractivity contribution is 5.73. The summed E-state index contributed by atoms with van der Waals surface area (Å²) >= 11 is 0. The third-order valence-electron chi connectivity index (χ3n) is 1.78. The van der Waals surface area contributed by atoms with Crippen molar-refractivity contribution in [2.45, 2.75) is 6.18 Å². The van der Waals surface area contributed by atoms with Crippen LogP contribution in [0.1, 0.15) is 5.69 Å². The molecule has 0 aliphatic rings. The molecule has 96 valence electrons. The molecule has 18 heavy (non-hydrogen) atoms. The number of nitrogens with zero attached hydrogens (tertiary/aromatic N) is 4. The fourth-order valence-electron chi connectivity index (χ4n) is 1.23. The van der Waals surface area contributed by atoms with Gasteiger partial charge in [0.1, 0.15) is 19.2 Å². The van der Waals surface area contributed by atoms with Gasteiger partial charge in [-0.3, -0.25) is 4.79 Å². The molecule has 0 amide bonds. The number of carbonyl (C=O) groups is 1. The molecule has 0 unspecified atom stereocenters.